The maximum Gasteiger partial charge on any atom is 0.509 e. The quantitative estimate of drug-likeness (QED) is 0.395. The third-order valence-electron chi connectivity index (χ3n) is 6.11. The van der Waals surface area contributed by atoms with Gasteiger partial charge in [0.1, 0.15) is 6.10 Å². The van der Waals surface area contributed by atoms with E-state index in [1.165, 1.54) is 0 Å². The molecular weight excluding hydrogens is 410 g/mol. The van der Waals surface area contributed by atoms with Crippen molar-refractivity contribution in [1.82, 2.24) is 5.06 Å². The van der Waals surface area contributed by atoms with E-state index in [1.807, 2.05) is 0 Å². The monoisotopic (exact) mass is 435 g/mol. The Hall–Kier alpha value is -2.27. The van der Waals surface area contributed by atoms with E-state index >= 15 is 0 Å². The summed E-state index contributed by atoms with van der Waals surface area (Å²) in [6.45, 7) is 10.7. The second kappa shape index (κ2) is 7.15. The molecule has 4 atom stereocenters. The van der Waals surface area contributed by atoms with Gasteiger partial charge in [-0.2, -0.15) is 0 Å². The number of benzene rings is 1. The number of amides is 2. The Kier molecular flexibility index (Phi) is 5.00. The van der Waals surface area contributed by atoms with E-state index in [9.17, 15) is 14.4 Å². The molecule has 9 nitrogen and oxygen atoms in total. The SMILES string of the molecule is CC(C)(C)[Si](C)(C)OC[C@H]1O[C@H](ON2C(=O)c3ccccc3C2=O)[C@@H]2OC(=O)O[C@@H]21. The van der Waals surface area contributed by atoms with Crippen LogP contribution in [0.25, 0.3) is 0 Å². The van der Waals surface area contributed by atoms with Crippen LogP contribution >= 0.6 is 0 Å². The first-order valence-electron chi connectivity index (χ1n) is 9.81. The molecule has 10 heteroatoms. The average molecular weight is 436 g/mol. The molecule has 2 fully saturated rings. The summed E-state index contributed by atoms with van der Waals surface area (Å²) in [4.78, 5) is 42.4. The molecule has 2 saturated heterocycles. The van der Waals surface area contributed by atoms with Crippen molar-refractivity contribution in [1.29, 1.82) is 0 Å². The van der Waals surface area contributed by atoms with Crippen LogP contribution in [0.15, 0.2) is 24.3 Å². The van der Waals surface area contributed by atoms with Gasteiger partial charge < -0.3 is 18.6 Å². The number of rotatable bonds is 5. The Morgan fingerprint density at radius 2 is 1.57 bits per heavy atom. The van der Waals surface area contributed by atoms with E-state index in [4.69, 9.17) is 23.5 Å². The van der Waals surface area contributed by atoms with Gasteiger partial charge in [0.2, 0.25) is 6.29 Å². The molecular formula is C20H25NO8Si. The van der Waals surface area contributed by atoms with Crippen molar-refractivity contribution in [3.63, 3.8) is 0 Å². The number of imide groups is 1. The Labute approximate surface area is 175 Å². The molecule has 1 aromatic rings. The third-order valence-corrected chi connectivity index (χ3v) is 10.6. The Bertz CT molecular complexity index is 860. The van der Waals surface area contributed by atoms with Crippen LogP contribution in [0.1, 0.15) is 41.5 Å². The summed E-state index contributed by atoms with van der Waals surface area (Å²) in [6, 6.07) is 6.42. The highest BCUT2D eigenvalue weighted by molar-refractivity contribution is 6.74. The standard InChI is InChI=1S/C20H25NO8Si/c1-20(2,3)30(4,5)25-10-13-14-15(28-19(24)27-14)18(26-13)29-21-16(22)11-8-6-7-9-12(11)17(21)23/h6-9,13-15,18H,10H2,1-5H3/t13-,14-,15-,18-/m1/s1. The number of fused-ring (bicyclic) bond motifs is 2. The van der Waals surface area contributed by atoms with Crippen LogP contribution < -0.4 is 0 Å². The van der Waals surface area contributed by atoms with Gasteiger partial charge in [-0.05, 0) is 30.3 Å². The molecule has 3 aliphatic heterocycles. The Morgan fingerprint density at radius 3 is 2.13 bits per heavy atom. The van der Waals surface area contributed by atoms with Gasteiger partial charge in [0, 0.05) is 0 Å². The van der Waals surface area contributed by atoms with E-state index < -0.39 is 50.9 Å². The molecule has 0 spiro atoms. The lowest BCUT2D eigenvalue weighted by molar-refractivity contribution is -0.249. The summed E-state index contributed by atoms with van der Waals surface area (Å²) in [5, 5.41) is 0.638. The predicted octanol–water partition coefficient (Wildman–Crippen LogP) is 2.86. The molecule has 0 saturated carbocycles. The summed E-state index contributed by atoms with van der Waals surface area (Å²) < 4.78 is 22.5. The van der Waals surface area contributed by atoms with Gasteiger partial charge in [-0.3, -0.25) is 9.59 Å². The number of hydrogen-bond acceptors (Lipinski definition) is 8. The van der Waals surface area contributed by atoms with Crippen molar-refractivity contribution in [2.75, 3.05) is 6.61 Å². The topological polar surface area (TPSA) is 101 Å². The van der Waals surface area contributed by atoms with Gasteiger partial charge >= 0.3 is 6.16 Å². The lowest BCUT2D eigenvalue weighted by atomic mass is 10.1. The number of carbonyl (C=O) groups excluding carboxylic acids is 3. The number of hydroxylamine groups is 2. The minimum Gasteiger partial charge on any atom is -0.424 e. The van der Waals surface area contributed by atoms with Crippen molar-refractivity contribution >= 4 is 26.3 Å². The summed E-state index contributed by atoms with van der Waals surface area (Å²) in [7, 11) is -2.08. The molecule has 0 unspecified atom stereocenters. The first kappa shape index (κ1) is 21.0. The average Bonchev–Trinajstić information content (AvgIpc) is 3.27. The highest BCUT2D eigenvalue weighted by Gasteiger charge is 2.57. The van der Waals surface area contributed by atoms with E-state index in [2.05, 4.69) is 33.9 Å². The molecule has 2 amide bonds. The first-order chi connectivity index (χ1) is 14.0. The van der Waals surface area contributed by atoms with E-state index in [1.54, 1.807) is 24.3 Å². The zero-order valence-electron chi connectivity index (χ0n) is 17.5. The van der Waals surface area contributed by atoms with Crippen molar-refractivity contribution in [2.45, 2.75) is 63.5 Å². The van der Waals surface area contributed by atoms with Gasteiger partial charge in [-0.25, -0.2) is 9.63 Å². The van der Waals surface area contributed by atoms with E-state index in [-0.39, 0.29) is 22.8 Å². The number of carbonyl (C=O) groups is 3. The molecule has 0 N–H and O–H groups in total. The molecule has 0 radical (unpaired) electrons. The number of hydrogen-bond donors (Lipinski definition) is 0. The Balaban J connectivity index is 1.48. The molecule has 4 rings (SSSR count). The molecule has 3 aliphatic rings. The molecule has 0 aliphatic carbocycles. The van der Waals surface area contributed by atoms with Gasteiger partial charge in [0.05, 0.1) is 17.7 Å². The van der Waals surface area contributed by atoms with E-state index in [0.717, 1.165) is 0 Å². The normalized spacial score (nSPS) is 28.4. The van der Waals surface area contributed by atoms with Gasteiger partial charge in [0.25, 0.3) is 11.8 Å². The van der Waals surface area contributed by atoms with Gasteiger partial charge in [-0.15, -0.1) is 5.06 Å². The van der Waals surface area contributed by atoms with Crippen molar-refractivity contribution in [2.24, 2.45) is 0 Å². The summed E-state index contributed by atoms with van der Waals surface area (Å²) >= 11 is 0. The third kappa shape index (κ3) is 3.43. The summed E-state index contributed by atoms with van der Waals surface area (Å²) in [5.74, 6) is -1.19. The van der Waals surface area contributed by atoms with E-state index in [0.29, 0.717) is 5.06 Å². The fraction of sp³-hybridized carbons (Fsp3) is 0.550. The van der Waals surface area contributed by atoms with Gasteiger partial charge in [0.15, 0.2) is 20.5 Å². The van der Waals surface area contributed by atoms with Crippen LogP contribution in [0.3, 0.4) is 0 Å². The van der Waals surface area contributed by atoms with Crippen molar-refractivity contribution in [3.8, 4) is 0 Å². The maximum absolute atomic E-state index is 12.6. The molecule has 162 valence electrons. The predicted molar refractivity (Wildman–Crippen MR) is 105 cm³/mol. The van der Waals surface area contributed by atoms with Crippen LogP contribution in [0, 0.1) is 0 Å². The molecule has 0 aromatic heterocycles. The van der Waals surface area contributed by atoms with Crippen LogP contribution in [-0.4, -0.2) is 62.6 Å². The molecule has 3 heterocycles. The maximum atomic E-state index is 12.6. The fourth-order valence-corrected chi connectivity index (χ4v) is 4.32. The van der Waals surface area contributed by atoms with Crippen molar-refractivity contribution < 1.29 is 37.9 Å². The van der Waals surface area contributed by atoms with Crippen LogP contribution in [-0.2, 0) is 23.5 Å². The van der Waals surface area contributed by atoms with Crippen LogP contribution in [0.4, 0.5) is 4.79 Å². The zero-order chi connectivity index (χ0) is 21.8. The number of nitrogens with zero attached hydrogens (tertiary/aromatic N) is 1. The second-order valence-corrected chi connectivity index (χ2v) is 13.9. The minimum atomic E-state index is -2.08. The van der Waals surface area contributed by atoms with Gasteiger partial charge in [-0.1, -0.05) is 32.9 Å². The molecule has 30 heavy (non-hydrogen) atoms. The highest BCUT2D eigenvalue weighted by Crippen LogP contribution is 2.39. The second-order valence-electron chi connectivity index (χ2n) is 9.08. The largest absolute Gasteiger partial charge is 0.509 e. The smallest absolute Gasteiger partial charge is 0.424 e. The lowest BCUT2D eigenvalue weighted by Gasteiger charge is -2.37. The Morgan fingerprint density at radius 1 is 1.00 bits per heavy atom. The van der Waals surface area contributed by atoms with Crippen LogP contribution in [0.5, 0.6) is 0 Å². The lowest BCUT2D eigenvalue weighted by Crippen LogP contribution is -2.44. The highest BCUT2D eigenvalue weighted by atomic mass is 28.4. The zero-order valence-corrected chi connectivity index (χ0v) is 18.5. The molecule has 1 aromatic carbocycles. The molecule has 0 bridgehead atoms. The minimum absolute atomic E-state index is 0.00999. The number of ether oxygens (including phenoxy) is 3. The summed E-state index contributed by atoms with van der Waals surface area (Å²) in [6.07, 6.45) is -4.31. The van der Waals surface area contributed by atoms with Crippen molar-refractivity contribution in [3.05, 3.63) is 35.4 Å². The summed E-state index contributed by atoms with van der Waals surface area (Å²) in [5.41, 5.74) is 0.490. The fourth-order valence-electron chi connectivity index (χ4n) is 3.30. The first-order valence-corrected chi connectivity index (χ1v) is 12.7. The van der Waals surface area contributed by atoms with Crippen LogP contribution in [0.2, 0.25) is 18.1 Å².